The number of likely N-dealkylation sites (tertiary alicyclic amines) is 1. The van der Waals surface area contributed by atoms with Gasteiger partial charge in [-0.05, 0) is 48.7 Å². The molecule has 2 aliphatic heterocycles. The number of nitrogens with zero attached hydrogens (tertiary/aromatic N) is 1. The minimum Gasteiger partial charge on any atom is -0.454 e. The van der Waals surface area contributed by atoms with E-state index in [9.17, 15) is 14.3 Å². The molecule has 2 heterocycles. The predicted octanol–water partition coefficient (Wildman–Crippen LogP) is 2.85. The van der Waals surface area contributed by atoms with E-state index in [1.165, 1.54) is 12.1 Å². The standard InChI is InChI=1S/C20H20FNO4/c1-12-2-4-14(21)9-16(12)20(24)22-7-6-15(17(23)10-22)13-3-5-18-19(8-13)26-11-25-18/h2-5,8-9,15,17,23H,6-7,10-11H2,1H3/t15-,17+/m0/s1. The van der Waals surface area contributed by atoms with Gasteiger partial charge in [0.05, 0.1) is 6.10 Å². The number of aliphatic hydroxyl groups excluding tert-OH is 1. The van der Waals surface area contributed by atoms with Gasteiger partial charge in [0.25, 0.3) is 5.91 Å². The molecule has 0 saturated carbocycles. The van der Waals surface area contributed by atoms with E-state index in [1.807, 2.05) is 18.2 Å². The van der Waals surface area contributed by atoms with Gasteiger partial charge in [-0.2, -0.15) is 0 Å². The van der Waals surface area contributed by atoms with E-state index in [0.29, 0.717) is 30.0 Å². The first-order valence-corrected chi connectivity index (χ1v) is 8.66. The first kappa shape index (κ1) is 16.8. The molecule has 5 nitrogen and oxygen atoms in total. The highest BCUT2D eigenvalue weighted by molar-refractivity contribution is 5.95. The summed E-state index contributed by atoms with van der Waals surface area (Å²) in [6.45, 7) is 2.71. The van der Waals surface area contributed by atoms with E-state index in [1.54, 1.807) is 17.9 Å². The number of rotatable bonds is 2. The third kappa shape index (κ3) is 3.01. The number of hydrogen-bond acceptors (Lipinski definition) is 4. The van der Waals surface area contributed by atoms with Crippen molar-refractivity contribution in [1.82, 2.24) is 4.90 Å². The second-order valence-electron chi connectivity index (χ2n) is 6.79. The molecule has 0 radical (unpaired) electrons. The highest BCUT2D eigenvalue weighted by atomic mass is 19.1. The highest BCUT2D eigenvalue weighted by Gasteiger charge is 2.32. The van der Waals surface area contributed by atoms with E-state index >= 15 is 0 Å². The SMILES string of the molecule is Cc1ccc(F)cc1C(=O)N1CC[C@@H](c2ccc3c(c2)OCO3)[C@H](O)C1. The summed E-state index contributed by atoms with van der Waals surface area (Å²) < 4.78 is 24.2. The molecular weight excluding hydrogens is 337 g/mol. The monoisotopic (exact) mass is 357 g/mol. The summed E-state index contributed by atoms with van der Waals surface area (Å²) in [6, 6.07) is 9.86. The first-order valence-electron chi connectivity index (χ1n) is 8.66. The molecule has 0 spiro atoms. The number of aryl methyl sites for hydroxylation is 1. The average Bonchev–Trinajstić information content (AvgIpc) is 3.10. The van der Waals surface area contributed by atoms with Crippen LogP contribution < -0.4 is 9.47 Å². The number of piperidine rings is 1. The van der Waals surface area contributed by atoms with Crippen LogP contribution in [0.15, 0.2) is 36.4 Å². The fraction of sp³-hybridized carbons (Fsp3) is 0.350. The summed E-state index contributed by atoms with van der Waals surface area (Å²) in [4.78, 5) is 14.3. The molecule has 6 heteroatoms. The molecule has 2 aromatic rings. The third-order valence-electron chi connectivity index (χ3n) is 5.12. The van der Waals surface area contributed by atoms with Crippen LogP contribution in [0.25, 0.3) is 0 Å². The van der Waals surface area contributed by atoms with Crippen molar-refractivity contribution in [2.45, 2.75) is 25.4 Å². The van der Waals surface area contributed by atoms with Crippen molar-refractivity contribution in [2.75, 3.05) is 19.9 Å². The van der Waals surface area contributed by atoms with Gasteiger partial charge in [-0.1, -0.05) is 12.1 Å². The van der Waals surface area contributed by atoms with Crippen LogP contribution in [0.3, 0.4) is 0 Å². The summed E-state index contributed by atoms with van der Waals surface area (Å²) in [7, 11) is 0. The third-order valence-corrected chi connectivity index (χ3v) is 5.12. The van der Waals surface area contributed by atoms with E-state index in [4.69, 9.17) is 9.47 Å². The smallest absolute Gasteiger partial charge is 0.254 e. The van der Waals surface area contributed by atoms with Crippen LogP contribution in [-0.4, -0.2) is 41.9 Å². The maximum absolute atomic E-state index is 13.5. The summed E-state index contributed by atoms with van der Waals surface area (Å²) in [6.07, 6.45) is -0.0667. The van der Waals surface area contributed by atoms with Crippen molar-refractivity contribution < 1.29 is 23.8 Å². The van der Waals surface area contributed by atoms with Crippen molar-refractivity contribution in [3.8, 4) is 11.5 Å². The van der Waals surface area contributed by atoms with Gasteiger partial charge < -0.3 is 19.5 Å². The van der Waals surface area contributed by atoms with Crippen LogP contribution in [0.1, 0.15) is 33.8 Å². The molecule has 0 unspecified atom stereocenters. The van der Waals surface area contributed by atoms with Gasteiger partial charge in [0.2, 0.25) is 6.79 Å². The highest BCUT2D eigenvalue weighted by Crippen LogP contribution is 2.37. The zero-order chi connectivity index (χ0) is 18.3. The van der Waals surface area contributed by atoms with Crippen LogP contribution in [0.5, 0.6) is 11.5 Å². The lowest BCUT2D eigenvalue weighted by atomic mass is 9.86. The molecule has 0 aromatic heterocycles. The average molecular weight is 357 g/mol. The summed E-state index contributed by atoms with van der Waals surface area (Å²) in [5.74, 6) is 0.628. The number of hydrogen-bond donors (Lipinski definition) is 1. The number of halogens is 1. The molecule has 2 aromatic carbocycles. The molecule has 0 bridgehead atoms. The van der Waals surface area contributed by atoms with E-state index in [2.05, 4.69) is 0 Å². The van der Waals surface area contributed by atoms with Crippen molar-refractivity contribution in [2.24, 2.45) is 0 Å². The molecule has 4 rings (SSSR count). The number of carbonyl (C=O) groups is 1. The lowest BCUT2D eigenvalue weighted by Gasteiger charge is -2.36. The molecule has 1 N–H and O–H groups in total. The summed E-state index contributed by atoms with van der Waals surface area (Å²) in [5, 5.41) is 10.6. The van der Waals surface area contributed by atoms with Gasteiger partial charge in [0.15, 0.2) is 11.5 Å². The Hall–Kier alpha value is -2.60. The van der Waals surface area contributed by atoms with Gasteiger partial charge >= 0.3 is 0 Å². The van der Waals surface area contributed by atoms with Crippen LogP contribution in [0.4, 0.5) is 4.39 Å². The van der Waals surface area contributed by atoms with Crippen molar-refractivity contribution in [3.63, 3.8) is 0 Å². The zero-order valence-corrected chi connectivity index (χ0v) is 14.4. The molecule has 2 aliphatic rings. The molecule has 0 aliphatic carbocycles. The molecular formula is C20H20FNO4. The van der Waals surface area contributed by atoms with Gasteiger partial charge in [0, 0.05) is 24.6 Å². The van der Waals surface area contributed by atoms with Crippen molar-refractivity contribution in [1.29, 1.82) is 0 Å². The fourth-order valence-electron chi connectivity index (χ4n) is 3.64. The van der Waals surface area contributed by atoms with E-state index in [0.717, 1.165) is 11.1 Å². The molecule has 1 amide bonds. The normalized spacial score (nSPS) is 21.7. The minimum atomic E-state index is -0.693. The number of aliphatic hydroxyl groups is 1. The zero-order valence-electron chi connectivity index (χ0n) is 14.4. The summed E-state index contributed by atoms with van der Waals surface area (Å²) >= 11 is 0. The second kappa shape index (κ2) is 6.61. The number of fused-ring (bicyclic) bond motifs is 1. The Kier molecular flexibility index (Phi) is 4.28. The number of amides is 1. The largest absolute Gasteiger partial charge is 0.454 e. The molecule has 1 saturated heterocycles. The van der Waals surface area contributed by atoms with Gasteiger partial charge in [-0.25, -0.2) is 4.39 Å². The Labute approximate surface area is 151 Å². The Morgan fingerprint density at radius 3 is 2.81 bits per heavy atom. The topological polar surface area (TPSA) is 59.0 Å². The van der Waals surface area contributed by atoms with Crippen LogP contribution in [0.2, 0.25) is 0 Å². The quantitative estimate of drug-likeness (QED) is 0.898. The van der Waals surface area contributed by atoms with Gasteiger partial charge in [-0.3, -0.25) is 4.79 Å². The van der Waals surface area contributed by atoms with Crippen LogP contribution >= 0.6 is 0 Å². The number of benzene rings is 2. The number of ether oxygens (including phenoxy) is 2. The number of β-amino-alcohol motifs (C(OH)–C–C–N with tert-alkyl or cyclic N) is 1. The predicted molar refractivity (Wildman–Crippen MR) is 93.0 cm³/mol. The second-order valence-corrected chi connectivity index (χ2v) is 6.79. The molecule has 2 atom stereocenters. The van der Waals surface area contributed by atoms with Crippen molar-refractivity contribution >= 4 is 5.91 Å². The first-order chi connectivity index (χ1) is 12.5. The van der Waals surface area contributed by atoms with E-state index in [-0.39, 0.29) is 25.2 Å². The Morgan fingerprint density at radius 2 is 2.00 bits per heavy atom. The molecule has 26 heavy (non-hydrogen) atoms. The molecule has 136 valence electrons. The lowest BCUT2D eigenvalue weighted by Crippen LogP contribution is -2.45. The maximum Gasteiger partial charge on any atom is 0.254 e. The maximum atomic E-state index is 13.5. The Morgan fingerprint density at radius 1 is 1.19 bits per heavy atom. The fourth-order valence-corrected chi connectivity index (χ4v) is 3.64. The van der Waals surface area contributed by atoms with Crippen LogP contribution in [0, 0.1) is 12.7 Å². The van der Waals surface area contributed by atoms with E-state index < -0.39 is 11.9 Å². The Bertz CT molecular complexity index is 854. The minimum absolute atomic E-state index is 0.0813. The van der Waals surface area contributed by atoms with Crippen molar-refractivity contribution in [3.05, 3.63) is 58.9 Å². The Balaban J connectivity index is 1.50. The molecule has 1 fully saturated rings. The lowest BCUT2D eigenvalue weighted by molar-refractivity contribution is 0.0381. The van der Waals surface area contributed by atoms with Gasteiger partial charge in [0.1, 0.15) is 5.82 Å². The number of carbonyl (C=O) groups excluding carboxylic acids is 1. The summed E-state index contributed by atoms with van der Waals surface area (Å²) in [5.41, 5.74) is 2.04. The van der Waals surface area contributed by atoms with Gasteiger partial charge in [-0.15, -0.1) is 0 Å². The van der Waals surface area contributed by atoms with Crippen LogP contribution in [-0.2, 0) is 0 Å².